The third-order valence-electron chi connectivity index (χ3n) is 2.81. The molecule has 0 fully saturated rings. The minimum atomic E-state index is -1.01. The zero-order valence-corrected chi connectivity index (χ0v) is 13.2. The second kappa shape index (κ2) is 6.64. The Balaban J connectivity index is 2.04. The summed E-state index contributed by atoms with van der Waals surface area (Å²) in [5, 5.41) is 11.5. The average molecular weight is 322 g/mol. The number of carbonyl (C=O) groups excluding carboxylic acids is 1. The Hall–Kier alpha value is -1.99. The molecule has 110 valence electrons. The van der Waals surface area contributed by atoms with Crippen LogP contribution in [0.3, 0.4) is 0 Å². The van der Waals surface area contributed by atoms with E-state index in [9.17, 15) is 9.59 Å². The maximum atomic E-state index is 12.1. The van der Waals surface area contributed by atoms with Gasteiger partial charge in [-0.05, 0) is 31.6 Å². The maximum Gasteiger partial charge on any atom is 0.328 e. The van der Waals surface area contributed by atoms with E-state index in [1.54, 1.807) is 11.6 Å². The number of nitrogens with one attached hydrogen (secondary N) is 1. The maximum absolute atomic E-state index is 12.1. The molecule has 2 N–H and O–H groups in total. The Morgan fingerprint density at radius 1 is 1.43 bits per heavy atom. The molecule has 21 heavy (non-hydrogen) atoms. The van der Waals surface area contributed by atoms with Gasteiger partial charge >= 0.3 is 5.97 Å². The summed E-state index contributed by atoms with van der Waals surface area (Å²) in [5.74, 6) is -1.17. The first kappa shape index (κ1) is 15.4. The van der Waals surface area contributed by atoms with Crippen molar-refractivity contribution in [2.24, 2.45) is 0 Å². The van der Waals surface area contributed by atoms with Gasteiger partial charge < -0.3 is 10.4 Å². The van der Waals surface area contributed by atoms with E-state index >= 15 is 0 Å². The Morgan fingerprint density at radius 2 is 2.19 bits per heavy atom. The van der Waals surface area contributed by atoms with Crippen LogP contribution in [0, 0.1) is 13.8 Å². The number of aromatic nitrogens is 1. The second-order valence-electron chi connectivity index (χ2n) is 4.37. The Morgan fingerprint density at radius 3 is 2.81 bits per heavy atom. The van der Waals surface area contributed by atoms with E-state index < -0.39 is 5.97 Å². The van der Waals surface area contributed by atoms with Gasteiger partial charge in [0.1, 0.15) is 0 Å². The van der Waals surface area contributed by atoms with E-state index in [1.807, 2.05) is 13.8 Å². The number of amides is 1. The van der Waals surface area contributed by atoms with E-state index in [0.29, 0.717) is 11.4 Å². The number of nitrogens with zero attached hydrogens (tertiary/aromatic N) is 1. The highest BCUT2D eigenvalue weighted by Gasteiger charge is 2.12. The summed E-state index contributed by atoms with van der Waals surface area (Å²) in [6, 6.07) is 1.76. The predicted octanol–water partition coefficient (Wildman–Crippen LogP) is 2.85. The highest BCUT2D eigenvalue weighted by atomic mass is 32.1. The first-order valence-corrected chi connectivity index (χ1v) is 7.85. The van der Waals surface area contributed by atoms with Crippen LogP contribution < -0.4 is 5.32 Å². The molecule has 0 saturated carbocycles. The lowest BCUT2D eigenvalue weighted by Crippen LogP contribution is -2.21. The molecular formula is C14H14N2O3S2. The third kappa shape index (κ3) is 3.99. The molecule has 5 nitrogen and oxygen atoms in total. The number of carboxylic acid groups (broad SMARTS) is 1. The fourth-order valence-corrected chi connectivity index (χ4v) is 3.37. The molecule has 2 rings (SSSR count). The van der Waals surface area contributed by atoms with Crippen LogP contribution in [0.25, 0.3) is 6.08 Å². The fourth-order valence-electron chi connectivity index (χ4n) is 1.66. The van der Waals surface area contributed by atoms with Crippen molar-refractivity contribution >= 4 is 40.6 Å². The Labute approximate surface area is 130 Å². The highest BCUT2D eigenvalue weighted by molar-refractivity contribution is 7.15. The van der Waals surface area contributed by atoms with E-state index in [1.165, 1.54) is 28.7 Å². The number of carbonyl (C=O) groups is 2. The van der Waals surface area contributed by atoms with Crippen LogP contribution in [0.15, 0.2) is 17.7 Å². The van der Waals surface area contributed by atoms with Gasteiger partial charge in [0.2, 0.25) is 0 Å². The fraction of sp³-hybridized carbons (Fsp3) is 0.214. The van der Waals surface area contributed by atoms with Gasteiger partial charge in [0.25, 0.3) is 5.91 Å². The van der Waals surface area contributed by atoms with E-state index in [-0.39, 0.29) is 5.91 Å². The molecule has 0 saturated heterocycles. The monoisotopic (exact) mass is 322 g/mol. The summed E-state index contributed by atoms with van der Waals surface area (Å²) in [6.45, 7) is 4.21. The van der Waals surface area contributed by atoms with Crippen molar-refractivity contribution < 1.29 is 14.7 Å². The van der Waals surface area contributed by atoms with Gasteiger partial charge in [0.15, 0.2) is 0 Å². The standard InChI is InChI=1S/C14H14N2O3S2/c1-8-5-11(21-10(8)3-4-13(17)18)14(19)15-6-12-9(2)16-7-20-12/h3-5,7H,6H2,1-2H3,(H,15,19)(H,17,18)/b4-3+. The molecule has 0 bridgehead atoms. The number of thiophene rings is 1. The van der Waals surface area contributed by atoms with Crippen LogP contribution in [0.1, 0.15) is 30.7 Å². The molecule has 0 spiro atoms. The number of hydrogen-bond acceptors (Lipinski definition) is 5. The molecule has 1 amide bonds. The van der Waals surface area contributed by atoms with Crippen molar-refractivity contribution in [3.8, 4) is 0 Å². The second-order valence-corrected chi connectivity index (χ2v) is 6.40. The van der Waals surface area contributed by atoms with Crippen LogP contribution in [-0.2, 0) is 11.3 Å². The van der Waals surface area contributed by atoms with Crippen LogP contribution in [0.5, 0.6) is 0 Å². The molecule has 0 atom stereocenters. The van der Waals surface area contributed by atoms with Gasteiger partial charge in [-0.2, -0.15) is 0 Å². The van der Waals surface area contributed by atoms with Gasteiger partial charge in [0, 0.05) is 15.8 Å². The number of carboxylic acids is 1. The molecule has 0 aliphatic rings. The minimum Gasteiger partial charge on any atom is -0.478 e. The average Bonchev–Trinajstić information content (AvgIpc) is 3.00. The molecule has 0 aromatic carbocycles. The molecule has 2 heterocycles. The molecular weight excluding hydrogens is 308 g/mol. The van der Waals surface area contributed by atoms with Crippen molar-refractivity contribution in [1.82, 2.24) is 10.3 Å². The van der Waals surface area contributed by atoms with Crippen LogP contribution in [0.4, 0.5) is 0 Å². The van der Waals surface area contributed by atoms with Gasteiger partial charge in [-0.3, -0.25) is 4.79 Å². The Bertz CT molecular complexity index is 701. The molecule has 2 aromatic heterocycles. The zero-order valence-electron chi connectivity index (χ0n) is 11.5. The first-order chi connectivity index (χ1) is 9.97. The number of rotatable bonds is 5. The van der Waals surface area contributed by atoms with Crippen molar-refractivity contribution in [2.75, 3.05) is 0 Å². The lowest BCUT2D eigenvalue weighted by molar-refractivity contribution is -0.131. The largest absolute Gasteiger partial charge is 0.478 e. The molecule has 0 radical (unpaired) electrons. The number of aryl methyl sites for hydroxylation is 2. The Kier molecular flexibility index (Phi) is 4.87. The van der Waals surface area contributed by atoms with E-state index in [2.05, 4.69) is 10.3 Å². The van der Waals surface area contributed by atoms with Crippen LogP contribution >= 0.6 is 22.7 Å². The van der Waals surface area contributed by atoms with Gasteiger partial charge in [-0.1, -0.05) is 0 Å². The molecule has 0 aliphatic carbocycles. The minimum absolute atomic E-state index is 0.161. The van der Waals surface area contributed by atoms with Gasteiger partial charge in [0.05, 0.1) is 22.6 Å². The molecule has 7 heteroatoms. The summed E-state index contributed by atoms with van der Waals surface area (Å²) in [4.78, 5) is 29.1. The summed E-state index contributed by atoms with van der Waals surface area (Å²) in [5.41, 5.74) is 3.56. The van der Waals surface area contributed by atoms with Crippen molar-refractivity contribution in [1.29, 1.82) is 0 Å². The lowest BCUT2D eigenvalue weighted by atomic mass is 10.2. The van der Waals surface area contributed by atoms with Gasteiger partial charge in [-0.25, -0.2) is 9.78 Å². The van der Waals surface area contributed by atoms with Crippen molar-refractivity contribution in [3.05, 3.63) is 43.5 Å². The van der Waals surface area contributed by atoms with Crippen molar-refractivity contribution in [2.45, 2.75) is 20.4 Å². The predicted molar refractivity (Wildman–Crippen MR) is 83.7 cm³/mol. The lowest BCUT2D eigenvalue weighted by Gasteiger charge is -2.01. The zero-order chi connectivity index (χ0) is 15.4. The quantitative estimate of drug-likeness (QED) is 0.830. The smallest absolute Gasteiger partial charge is 0.328 e. The van der Waals surface area contributed by atoms with Crippen molar-refractivity contribution in [3.63, 3.8) is 0 Å². The molecule has 0 unspecified atom stereocenters. The topological polar surface area (TPSA) is 79.3 Å². The third-order valence-corrected chi connectivity index (χ3v) is 4.95. The normalized spacial score (nSPS) is 11.0. The molecule has 2 aromatic rings. The van der Waals surface area contributed by atoms with E-state index in [0.717, 1.165) is 27.1 Å². The molecule has 0 aliphatic heterocycles. The summed E-state index contributed by atoms with van der Waals surface area (Å²) in [7, 11) is 0. The number of hydrogen-bond donors (Lipinski definition) is 2. The van der Waals surface area contributed by atoms with Crippen LogP contribution in [0.2, 0.25) is 0 Å². The highest BCUT2D eigenvalue weighted by Crippen LogP contribution is 2.23. The first-order valence-electron chi connectivity index (χ1n) is 6.16. The number of thiazole rings is 1. The summed E-state index contributed by atoms with van der Waals surface area (Å²) in [6.07, 6.45) is 2.58. The number of aliphatic carboxylic acids is 1. The SMILES string of the molecule is Cc1cc(C(=O)NCc2scnc2C)sc1/C=C/C(=O)O. The summed E-state index contributed by atoms with van der Waals surface area (Å²) >= 11 is 2.78. The van der Waals surface area contributed by atoms with Crippen LogP contribution in [-0.4, -0.2) is 22.0 Å². The van der Waals surface area contributed by atoms with Gasteiger partial charge in [-0.15, -0.1) is 22.7 Å². The summed E-state index contributed by atoms with van der Waals surface area (Å²) < 4.78 is 0. The van der Waals surface area contributed by atoms with E-state index in [4.69, 9.17) is 5.11 Å².